The van der Waals surface area contributed by atoms with Crippen LogP contribution in [0.3, 0.4) is 0 Å². The van der Waals surface area contributed by atoms with E-state index in [1.165, 1.54) is 64.9 Å². The molecule has 2 nitrogen and oxygen atoms in total. The van der Waals surface area contributed by atoms with Crippen LogP contribution in [-0.4, -0.2) is 11.7 Å². The first kappa shape index (κ1) is 20.4. The molecule has 0 unspecified atom stereocenters. The molecule has 0 saturated carbocycles. The third-order valence-corrected chi connectivity index (χ3v) is 7.84. The Morgan fingerprint density at radius 1 is 0.432 bits per heavy atom. The van der Waals surface area contributed by atoms with E-state index in [4.69, 9.17) is 4.74 Å². The summed E-state index contributed by atoms with van der Waals surface area (Å²) in [4.78, 5) is 0. The molecular formula is C35H23NO. The minimum atomic E-state index is 0.859. The highest BCUT2D eigenvalue weighted by atomic mass is 16.5. The van der Waals surface area contributed by atoms with Crippen molar-refractivity contribution >= 4 is 64.9 Å². The zero-order chi connectivity index (χ0) is 24.5. The highest BCUT2D eigenvalue weighted by Crippen LogP contribution is 2.44. The van der Waals surface area contributed by atoms with Gasteiger partial charge < -0.3 is 9.30 Å². The molecule has 0 atom stereocenters. The van der Waals surface area contributed by atoms with Gasteiger partial charge in [0.05, 0.1) is 18.1 Å². The van der Waals surface area contributed by atoms with Crippen LogP contribution >= 0.6 is 0 Å². The summed E-state index contributed by atoms with van der Waals surface area (Å²) in [6.07, 6.45) is 0. The van der Waals surface area contributed by atoms with Crippen LogP contribution in [0.2, 0.25) is 0 Å². The van der Waals surface area contributed by atoms with Crippen LogP contribution in [0.25, 0.3) is 70.6 Å². The van der Waals surface area contributed by atoms with E-state index >= 15 is 0 Å². The SMILES string of the molecule is COc1ccc(-n2c3ccc4ccc5ccccc5c4c3c3c4c(ccc5ccccc54)ccc32)cc1. The molecule has 0 aliphatic rings. The fourth-order valence-electron chi connectivity index (χ4n) is 6.19. The summed E-state index contributed by atoms with van der Waals surface area (Å²) in [5.41, 5.74) is 3.55. The molecule has 7 aromatic carbocycles. The Kier molecular flexibility index (Phi) is 4.18. The van der Waals surface area contributed by atoms with Gasteiger partial charge in [-0.1, -0.05) is 84.9 Å². The molecule has 0 aliphatic heterocycles. The van der Waals surface area contributed by atoms with Crippen molar-refractivity contribution in [2.45, 2.75) is 0 Å². The lowest BCUT2D eigenvalue weighted by atomic mass is 9.94. The van der Waals surface area contributed by atoms with Gasteiger partial charge in [0.25, 0.3) is 0 Å². The maximum absolute atomic E-state index is 5.46. The van der Waals surface area contributed by atoms with Crippen molar-refractivity contribution in [3.8, 4) is 11.4 Å². The quantitative estimate of drug-likeness (QED) is 0.228. The maximum Gasteiger partial charge on any atom is 0.119 e. The van der Waals surface area contributed by atoms with E-state index in [2.05, 4.69) is 114 Å². The summed E-state index contributed by atoms with van der Waals surface area (Å²) in [7, 11) is 1.71. The van der Waals surface area contributed by atoms with E-state index < -0.39 is 0 Å². The molecule has 0 amide bonds. The second-order valence-corrected chi connectivity index (χ2v) is 9.72. The van der Waals surface area contributed by atoms with E-state index in [1.807, 2.05) is 12.1 Å². The number of benzene rings is 7. The molecule has 0 bridgehead atoms. The average Bonchev–Trinajstić information content (AvgIpc) is 3.31. The lowest BCUT2D eigenvalue weighted by molar-refractivity contribution is 0.415. The van der Waals surface area contributed by atoms with Crippen LogP contribution in [0.15, 0.2) is 121 Å². The summed E-state index contributed by atoms with van der Waals surface area (Å²) in [5.74, 6) is 0.859. The van der Waals surface area contributed by atoms with Crippen LogP contribution in [-0.2, 0) is 0 Å². The molecule has 0 radical (unpaired) electrons. The van der Waals surface area contributed by atoms with Crippen LogP contribution in [0.4, 0.5) is 0 Å². The minimum Gasteiger partial charge on any atom is -0.497 e. The van der Waals surface area contributed by atoms with Gasteiger partial charge in [-0.3, -0.25) is 0 Å². The summed E-state index contributed by atoms with van der Waals surface area (Å²) in [5, 5.41) is 12.9. The molecule has 0 N–H and O–H groups in total. The lowest BCUT2D eigenvalue weighted by Crippen LogP contribution is -1.94. The predicted octanol–water partition coefficient (Wildman–Crippen LogP) is 9.41. The summed E-state index contributed by atoms with van der Waals surface area (Å²) in [6.45, 7) is 0. The van der Waals surface area contributed by atoms with Crippen molar-refractivity contribution in [1.82, 2.24) is 4.57 Å². The summed E-state index contributed by atoms with van der Waals surface area (Å²) >= 11 is 0. The number of aromatic nitrogens is 1. The molecule has 37 heavy (non-hydrogen) atoms. The maximum atomic E-state index is 5.46. The lowest BCUT2D eigenvalue weighted by Gasteiger charge is -2.10. The Morgan fingerprint density at radius 2 is 0.892 bits per heavy atom. The molecule has 8 aromatic rings. The Hall–Kier alpha value is -4.82. The van der Waals surface area contributed by atoms with E-state index in [1.54, 1.807) is 7.11 Å². The molecule has 174 valence electrons. The average molecular weight is 474 g/mol. The molecule has 1 heterocycles. The molecule has 8 rings (SSSR count). The molecule has 0 fully saturated rings. The first-order valence-electron chi connectivity index (χ1n) is 12.7. The first-order chi connectivity index (χ1) is 18.3. The molecule has 0 spiro atoms. The van der Waals surface area contributed by atoms with Gasteiger partial charge in [-0.05, 0) is 79.5 Å². The van der Waals surface area contributed by atoms with E-state index in [9.17, 15) is 0 Å². The van der Waals surface area contributed by atoms with Gasteiger partial charge in [0.1, 0.15) is 5.75 Å². The zero-order valence-corrected chi connectivity index (χ0v) is 20.4. The third kappa shape index (κ3) is 2.81. The van der Waals surface area contributed by atoms with Crippen molar-refractivity contribution in [2.75, 3.05) is 7.11 Å². The topological polar surface area (TPSA) is 14.2 Å². The summed E-state index contributed by atoms with van der Waals surface area (Å²) in [6, 6.07) is 44.0. The normalized spacial score (nSPS) is 11.9. The first-order valence-corrected chi connectivity index (χ1v) is 12.7. The van der Waals surface area contributed by atoms with Gasteiger partial charge in [-0.2, -0.15) is 0 Å². The fraction of sp³-hybridized carbons (Fsp3) is 0.0286. The number of rotatable bonds is 2. The van der Waals surface area contributed by atoms with E-state index in [0.29, 0.717) is 0 Å². The van der Waals surface area contributed by atoms with Crippen LogP contribution in [0.5, 0.6) is 5.75 Å². The third-order valence-electron chi connectivity index (χ3n) is 7.84. The van der Waals surface area contributed by atoms with E-state index in [0.717, 1.165) is 11.4 Å². The van der Waals surface area contributed by atoms with E-state index in [-0.39, 0.29) is 0 Å². The van der Waals surface area contributed by atoms with Gasteiger partial charge in [0.2, 0.25) is 0 Å². The van der Waals surface area contributed by atoms with Crippen LogP contribution in [0, 0.1) is 0 Å². The van der Waals surface area contributed by atoms with Gasteiger partial charge in [-0.15, -0.1) is 0 Å². The Bertz CT molecular complexity index is 2030. The number of hydrogen-bond acceptors (Lipinski definition) is 1. The second kappa shape index (κ2) is 7.59. The van der Waals surface area contributed by atoms with Crippen LogP contribution in [0.1, 0.15) is 0 Å². The van der Waals surface area contributed by atoms with Gasteiger partial charge in [0.15, 0.2) is 0 Å². The highest BCUT2D eigenvalue weighted by molar-refractivity contribution is 6.35. The highest BCUT2D eigenvalue weighted by Gasteiger charge is 2.19. The van der Waals surface area contributed by atoms with Crippen molar-refractivity contribution < 1.29 is 4.74 Å². The van der Waals surface area contributed by atoms with Gasteiger partial charge in [0, 0.05) is 16.5 Å². The molecular weight excluding hydrogens is 450 g/mol. The fourth-order valence-corrected chi connectivity index (χ4v) is 6.19. The number of fused-ring (bicyclic) bond motifs is 11. The standard InChI is InChI=1S/C35H23NO/c1-37-27-18-16-26(17-19-27)36-30-20-14-24-12-10-22-6-2-4-8-28(22)32(24)34(30)35-31(36)21-15-25-13-11-23-7-3-5-9-29(23)33(25)35/h2-21H,1H3. The van der Waals surface area contributed by atoms with Crippen molar-refractivity contribution in [1.29, 1.82) is 0 Å². The number of ether oxygens (including phenoxy) is 1. The van der Waals surface area contributed by atoms with Crippen LogP contribution < -0.4 is 4.74 Å². The Morgan fingerprint density at radius 3 is 1.41 bits per heavy atom. The Labute approximate surface area is 213 Å². The number of methoxy groups -OCH3 is 1. The van der Waals surface area contributed by atoms with Gasteiger partial charge >= 0.3 is 0 Å². The largest absolute Gasteiger partial charge is 0.497 e. The smallest absolute Gasteiger partial charge is 0.119 e. The zero-order valence-electron chi connectivity index (χ0n) is 20.4. The van der Waals surface area contributed by atoms with Crippen molar-refractivity contribution in [3.63, 3.8) is 0 Å². The minimum absolute atomic E-state index is 0.859. The molecule has 2 heteroatoms. The van der Waals surface area contributed by atoms with Crippen molar-refractivity contribution in [2.24, 2.45) is 0 Å². The molecule has 1 aromatic heterocycles. The number of nitrogens with zero attached hydrogens (tertiary/aromatic N) is 1. The number of hydrogen-bond donors (Lipinski definition) is 0. The molecule has 0 aliphatic carbocycles. The predicted molar refractivity (Wildman–Crippen MR) is 157 cm³/mol. The molecule has 0 saturated heterocycles. The van der Waals surface area contributed by atoms with Crippen molar-refractivity contribution in [3.05, 3.63) is 121 Å². The second-order valence-electron chi connectivity index (χ2n) is 9.72. The van der Waals surface area contributed by atoms with Gasteiger partial charge in [-0.25, -0.2) is 0 Å². The summed E-state index contributed by atoms with van der Waals surface area (Å²) < 4.78 is 7.87. The monoisotopic (exact) mass is 473 g/mol. The Balaban J connectivity index is 1.70.